The number of hydrogen-bond donors (Lipinski definition) is 1. The predicted molar refractivity (Wildman–Crippen MR) is 129 cm³/mol. The maximum Gasteiger partial charge on any atom is 0.407 e. The van der Waals surface area contributed by atoms with Gasteiger partial charge < -0.3 is 28.8 Å². The Morgan fingerprint density at radius 3 is 2.71 bits per heavy atom. The number of alkyl carbamates (subject to hydrolysis) is 1. The van der Waals surface area contributed by atoms with Crippen LogP contribution in [0.25, 0.3) is 16.9 Å². The minimum atomic E-state index is -3.01. The normalized spacial score (nSPS) is 16.1. The molecule has 3 aromatic rings. The molecule has 0 bridgehead atoms. The zero-order valence-electron chi connectivity index (χ0n) is 19.8. The number of amides is 1. The average Bonchev–Trinajstić information content (AvgIpc) is 3.39. The Hall–Kier alpha value is -3.27. The van der Waals surface area contributed by atoms with Crippen LogP contribution in [-0.4, -0.2) is 53.9 Å². The monoisotopic (exact) mass is 508 g/mol. The van der Waals surface area contributed by atoms with Gasteiger partial charge in [0.05, 0.1) is 23.9 Å². The summed E-state index contributed by atoms with van der Waals surface area (Å²) in [7, 11) is 1.39. The lowest BCUT2D eigenvalue weighted by Gasteiger charge is -2.22. The first-order valence-corrected chi connectivity index (χ1v) is 11.5. The molecule has 35 heavy (non-hydrogen) atoms. The molecular weight excluding hydrogens is 482 g/mol. The third kappa shape index (κ3) is 5.87. The minimum Gasteiger partial charge on any atom is -0.495 e. The summed E-state index contributed by atoms with van der Waals surface area (Å²) in [5.74, 6) is 0.140. The number of fused-ring (bicyclic) bond motifs is 1. The van der Waals surface area contributed by atoms with Crippen LogP contribution in [0.15, 0.2) is 36.7 Å². The van der Waals surface area contributed by atoms with Crippen molar-refractivity contribution in [2.45, 2.75) is 45.4 Å². The number of aromatic nitrogens is 2. The lowest BCUT2D eigenvalue weighted by atomic mass is 10.1. The number of carbonyl (C=O) groups is 1. The average molecular weight is 509 g/mol. The topological polar surface area (TPSA) is 77.3 Å². The molecule has 11 heteroatoms. The number of nitrogens with one attached hydrogen (secondary N) is 1. The summed E-state index contributed by atoms with van der Waals surface area (Å²) in [5, 5.41) is 3.17. The van der Waals surface area contributed by atoms with Crippen LogP contribution in [0.5, 0.6) is 11.5 Å². The maximum atomic E-state index is 13.0. The Labute approximate surface area is 206 Å². The quantitative estimate of drug-likeness (QED) is 0.482. The van der Waals surface area contributed by atoms with E-state index in [1.807, 2.05) is 39.1 Å². The summed E-state index contributed by atoms with van der Waals surface area (Å²) in [6.45, 7) is 3.84. The summed E-state index contributed by atoms with van der Waals surface area (Å²) in [6.07, 6.45) is 3.90. The number of anilines is 1. The fourth-order valence-corrected chi connectivity index (χ4v) is 4.21. The molecule has 8 nitrogen and oxygen atoms in total. The van der Waals surface area contributed by atoms with Gasteiger partial charge in [0.2, 0.25) is 0 Å². The van der Waals surface area contributed by atoms with E-state index >= 15 is 0 Å². The highest BCUT2D eigenvalue weighted by molar-refractivity contribution is 6.32. The van der Waals surface area contributed by atoms with Gasteiger partial charge in [-0.15, -0.1) is 0 Å². The number of hydrogen-bond acceptors (Lipinski definition) is 6. The van der Waals surface area contributed by atoms with Crippen molar-refractivity contribution in [3.63, 3.8) is 0 Å². The lowest BCUT2D eigenvalue weighted by Crippen LogP contribution is -2.40. The van der Waals surface area contributed by atoms with Gasteiger partial charge in [0.25, 0.3) is 0 Å². The zero-order valence-corrected chi connectivity index (χ0v) is 20.6. The molecule has 1 amide bonds. The van der Waals surface area contributed by atoms with Crippen LogP contribution in [0, 0.1) is 0 Å². The number of ether oxygens (including phenoxy) is 3. The third-order valence-electron chi connectivity index (χ3n) is 5.46. The largest absolute Gasteiger partial charge is 0.495 e. The molecule has 188 valence electrons. The van der Waals surface area contributed by atoms with Gasteiger partial charge in [-0.1, -0.05) is 11.6 Å². The molecule has 2 aromatic heterocycles. The number of methoxy groups -OCH3 is 1. The van der Waals surface area contributed by atoms with Gasteiger partial charge >= 0.3 is 12.7 Å². The van der Waals surface area contributed by atoms with Crippen molar-refractivity contribution in [3.8, 4) is 22.8 Å². The molecule has 1 aliphatic rings. The van der Waals surface area contributed by atoms with Crippen molar-refractivity contribution in [1.82, 2.24) is 14.7 Å². The summed E-state index contributed by atoms with van der Waals surface area (Å²) < 4.78 is 43.0. The Kier molecular flexibility index (Phi) is 6.93. The molecule has 1 aliphatic heterocycles. The SMILES string of the molecule is COc1cc(OC(F)F)c(-c2cn3ccc(N4CC[C@H](NC(=O)OC(C)(C)C)C4)cc3n2)cc1Cl. The van der Waals surface area contributed by atoms with Crippen molar-refractivity contribution in [1.29, 1.82) is 0 Å². The fraction of sp³-hybridized carbons (Fsp3) is 0.417. The van der Waals surface area contributed by atoms with Crippen LogP contribution in [-0.2, 0) is 4.74 Å². The van der Waals surface area contributed by atoms with Crippen LogP contribution in [0.2, 0.25) is 5.02 Å². The van der Waals surface area contributed by atoms with E-state index in [1.54, 1.807) is 10.6 Å². The molecule has 1 N–H and O–H groups in total. The highest BCUT2D eigenvalue weighted by atomic mass is 35.5. The molecule has 0 saturated carbocycles. The number of nitrogens with zero attached hydrogens (tertiary/aromatic N) is 3. The van der Waals surface area contributed by atoms with Crippen molar-refractivity contribution < 1.29 is 27.8 Å². The molecule has 1 fully saturated rings. The van der Waals surface area contributed by atoms with Crippen LogP contribution in [0.3, 0.4) is 0 Å². The third-order valence-corrected chi connectivity index (χ3v) is 5.76. The molecule has 1 saturated heterocycles. The van der Waals surface area contributed by atoms with E-state index in [2.05, 4.69) is 15.2 Å². The van der Waals surface area contributed by atoms with Gasteiger partial charge in [-0.05, 0) is 39.3 Å². The van der Waals surface area contributed by atoms with E-state index in [-0.39, 0.29) is 22.6 Å². The number of pyridine rings is 1. The Morgan fingerprint density at radius 2 is 2.03 bits per heavy atom. The van der Waals surface area contributed by atoms with E-state index < -0.39 is 18.3 Å². The van der Waals surface area contributed by atoms with Gasteiger partial charge in [0.15, 0.2) is 0 Å². The van der Waals surface area contributed by atoms with Crippen LogP contribution < -0.4 is 19.7 Å². The van der Waals surface area contributed by atoms with Gasteiger partial charge in [-0.25, -0.2) is 9.78 Å². The molecular formula is C24H27ClF2N4O4. The van der Waals surface area contributed by atoms with Crippen molar-refractivity contribution in [2.75, 3.05) is 25.1 Å². The van der Waals surface area contributed by atoms with Gasteiger partial charge in [0, 0.05) is 48.9 Å². The highest BCUT2D eigenvalue weighted by Crippen LogP contribution is 2.39. The predicted octanol–water partition coefficient (Wildman–Crippen LogP) is 5.37. The first-order valence-electron chi connectivity index (χ1n) is 11.1. The molecule has 0 aliphatic carbocycles. The molecule has 0 spiro atoms. The number of benzene rings is 1. The van der Waals surface area contributed by atoms with E-state index in [0.29, 0.717) is 23.4 Å². The first-order chi connectivity index (χ1) is 16.5. The second-order valence-corrected chi connectivity index (χ2v) is 9.62. The standard InChI is InChI=1S/C24H27ClF2N4O4/c1-24(2,3)35-23(32)28-14-5-7-30(12-14)15-6-8-31-13-18(29-21(31)9-15)16-10-17(25)20(33-4)11-19(16)34-22(26)27/h6,8-11,13-14,22H,5,7,12H2,1-4H3,(H,28,32)/t14-/m0/s1. The molecule has 3 heterocycles. The van der Waals surface area contributed by atoms with E-state index in [0.717, 1.165) is 18.7 Å². The molecule has 0 unspecified atom stereocenters. The van der Waals surface area contributed by atoms with Crippen molar-refractivity contribution >= 4 is 29.0 Å². The summed E-state index contributed by atoms with van der Waals surface area (Å²) >= 11 is 6.23. The molecule has 4 rings (SSSR count). The number of imidazole rings is 1. The van der Waals surface area contributed by atoms with E-state index in [4.69, 9.17) is 25.8 Å². The van der Waals surface area contributed by atoms with Gasteiger partial charge in [-0.3, -0.25) is 0 Å². The van der Waals surface area contributed by atoms with Gasteiger partial charge in [0.1, 0.15) is 22.7 Å². The van der Waals surface area contributed by atoms with E-state index in [9.17, 15) is 13.6 Å². The summed E-state index contributed by atoms with van der Waals surface area (Å²) in [5.41, 5.74) is 1.74. The smallest absolute Gasteiger partial charge is 0.407 e. The highest BCUT2D eigenvalue weighted by Gasteiger charge is 2.27. The van der Waals surface area contributed by atoms with Crippen LogP contribution in [0.4, 0.5) is 19.3 Å². The van der Waals surface area contributed by atoms with Crippen molar-refractivity contribution in [2.24, 2.45) is 0 Å². The lowest BCUT2D eigenvalue weighted by molar-refractivity contribution is -0.0495. The fourth-order valence-electron chi connectivity index (χ4n) is 3.97. The second kappa shape index (κ2) is 9.77. The Balaban J connectivity index is 1.55. The van der Waals surface area contributed by atoms with Crippen LogP contribution in [0.1, 0.15) is 27.2 Å². The Morgan fingerprint density at radius 1 is 1.26 bits per heavy atom. The van der Waals surface area contributed by atoms with Crippen LogP contribution >= 0.6 is 11.6 Å². The minimum absolute atomic E-state index is 0.0353. The number of halogens is 3. The maximum absolute atomic E-state index is 13.0. The number of carbonyl (C=O) groups excluding carboxylic acids is 1. The molecule has 1 atom stereocenters. The van der Waals surface area contributed by atoms with Crippen molar-refractivity contribution in [3.05, 3.63) is 41.7 Å². The van der Waals surface area contributed by atoms with E-state index in [1.165, 1.54) is 19.2 Å². The Bertz CT molecular complexity index is 1230. The summed E-state index contributed by atoms with van der Waals surface area (Å²) in [6, 6.07) is 6.62. The molecule has 1 aromatic carbocycles. The second-order valence-electron chi connectivity index (χ2n) is 9.22. The number of rotatable bonds is 6. The molecule has 0 radical (unpaired) electrons. The number of alkyl halides is 2. The first kappa shape index (κ1) is 24.8. The summed E-state index contributed by atoms with van der Waals surface area (Å²) in [4.78, 5) is 18.8. The zero-order chi connectivity index (χ0) is 25.3. The van der Waals surface area contributed by atoms with Gasteiger partial charge in [-0.2, -0.15) is 8.78 Å².